The van der Waals surface area contributed by atoms with E-state index < -0.39 is 12.1 Å². The summed E-state index contributed by atoms with van der Waals surface area (Å²) in [5.74, 6) is -0.638. The van der Waals surface area contributed by atoms with Gasteiger partial charge in [-0.2, -0.15) is 0 Å². The number of carbonyl (C=O) groups is 1. The maximum Gasteiger partial charge on any atom is 0.375 e. The molecule has 0 saturated heterocycles. The van der Waals surface area contributed by atoms with E-state index in [1.807, 2.05) is 0 Å². The number of hydrogen-bond donors (Lipinski definition) is 1. The van der Waals surface area contributed by atoms with E-state index in [0.717, 1.165) is 6.42 Å². The Bertz CT molecular complexity index is 441. The predicted molar refractivity (Wildman–Crippen MR) is 51.8 cm³/mol. The molecule has 1 fully saturated rings. The number of aromatic carboxylic acids is 1. The fourth-order valence-electron chi connectivity index (χ4n) is 2.29. The van der Waals surface area contributed by atoms with E-state index in [-0.39, 0.29) is 17.7 Å². The summed E-state index contributed by atoms with van der Waals surface area (Å²) < 4.78 is 15.1. The summed E-state index contributed by atoms with van der Waals surface area (Å²) >= 11 is 0. The molecule has 0 aromatic carbocycles. The van der Waals surface area contributed by atoms with Crippen LogP contribution in [-0.2, 0) is 0 Å². The van der Waals surface area contributed by atoms with Crippen LogP contribution in [0.2, 0.25) is 0 Å². The number of alkyl halides is 1. The minimum Gasteiger partial charge on any atom is -0.475 e. The van der Waals surface area contributed by atoms with E-state index in [0.29, 0.717) is 12.3 Å². The van der Waals surface area contributed by atoms with Crippen molar-refractivity contribution in [1.82, 2.24) is 14.8 Å². The summed E-state index contributed by atoms with van der Waals surface area (Å²) in [6.07, 6.45) is 2.53. The summed E-state index contributed by atoms with van der Waals surface area (Å²) in [4.78, 5) is 14.4. The standard InChI is InChI=1S/C10H12FN3O2/c11-7-4-6(3-5-1-2-5)14-9(7)12-8(13-14)10(15)16/h5-7H,1-4H2,(H,15,16). The Kier molecular flexibility index (Phi) is 1.99. The highest BCUT2D eigenvalue weighted by Gasteiger charge is 2.38. The fraction of sp³-hybridized carbons (Fsp3) is 0.700. The van der Waals surface area contributed by atoms with Gasteiger partial charge in [-0.1, -0.05) is 12.8 Å². The van der Waals surface area contributed by atoms with Crippen molar-refractivity contribution in [2.75, 3.05) is 0 Å². The van der Waals surface area contributed by atoms with Gasteiger partial charge in [-0.05, 0) is 12.3 Å². The molecule has 0 radical (unpaired) electrons. The third kappa shape index (κ3) is 1.48. The van der Waals surface area contributed by atoms with Gasteiger partial charge in [0.2, 0.25) is 0 Å². The first-order valence-electron chi connectivity index (χ1n) is 5.49. The van der Waals surface area contributed by atoms with Gasteiger partial charge in [0.1, 0.15) is 0 Å². The number of halogens is 1. The van der Waals surface area contributed by atoms with E-state index in [1.165, 1.54) is 17.5 Å². The SMILES string of the molecule is O=C(O)c1nc2n(n1)C(CC1CC1)CC2F. The smallest absolute Gasteiger partial charge is 0.375 e. The molecular weight excluding hydrogens is 213 g/mol. The molecule has 2 heterocycles. The Morgan fingerprint density at radius 2 is 2.31 bits per heavy atom. The van der Waals surface area contributed by atoms with Crippen molar-refractivity contribution in [3.05, 3.63) is 11.6 Å². The van der Waals surface area contributed by atoms with Crippen LogP contribution in [0.1, 0.15) is 54.3 Å². The molecule has 0 bridgehead atoms. The lowest BCUT2D eigenvalue weighted by molar-refractivity contribution is 0.0682. The normalized spacial score (nSPS) is 28.1. The van der Waals surface area contributed by atoms with Crippen molar-refractivity contribution in [2.45, 2.75) is 37.9 Å². The maximum atomic E-state index is 13.6. The molecule has 2 unspecified atom stereocenters. The van der Waals surface area contributed by atoms with Crippen molar-refractivity contribution >= 4 is 5.97 Å². The zero-order chi connectivity index (χ0) is 11.3. The van der Waals surface area contributed by atoms with Gasteiger partial charge in [-0.3, -0.25) is 0 Å². The average molecular weight is 225 g/mol. The molecule has 6 heteroatoms. The predicted octanol–water partition coefficient (Wildman–Crippen LogP) is 1.73. The molecule has 1 aliphatic heterocycles. The number of carboxylic acid groups (broad SMARTS) is 1. The summed E-state index contributed by atoms with van der Waals surface area (Å²) in [7, 11) is 0. The van der Waals surface area contributed by atoms with E-state index in [4.69, 9.17) is 5.11 Å². The Labute approximate surface area is 91.3 Å². The van der Waals surface area contributed by atoms with Crippen LogP contribution in [0.3, 0.4) is 0 Å². The largest absolute Gasteiger partial charge is 0.475 e. The van der Waals surface area contributed by atoms with Crippen molar-refractivity contribution in [3.8, 4) is 0 Å². The molecule has 0 spiro atoms. The van der Waals surface area contributed by atoms with Crippen LogP contribution in [0.4, 0.5) is 4.39 Å². The number of carboxylic acids is 1. The molecule has 86 valence electrons. The molecule has 1 aliphatic carbocycles. The first-order valence-corrected chi connectivity index (χ1v) is 5.49. The number of aromatic nitrogens is 3. The van der Waals surface area contributed by atoms with Crippen molar-refractivity contribution in [2.24, 2.45) is 5.92 Å². The van der Waals surface area contributed by atoms with Gasteiger partial charge in [-0.15, -0.1) is 5.10 Å². The van der Waals surface area contributed by atoms with Crippen LogP contribution < -0.4 is 0 Å². The number of nitrogens with zero attached hydrogens (tertiary/aromatic N) is 3. The first-order chi connectivity index (χ1) is 7.65. The van der Waals surface area contributed by atoms with Crippen molar-refractivity contribution in [1.29, 1.82) is 0 Å². The molecule has 2 atom stereocenters. The lowest BCUT2D eigenvalue weighted by atomic mass is 10.1. The van der Waals surface area contributed by atoms with Gasteiger partial charge in [0.25, 0.3) is 5.82 Å². The van der Waals surface area contributed by atoms with Crippen LogP contribution in [0.5, 0.6) is 0 Å². The van der Waals surface area contributed by atoms with E-state index in [9.17, 15) is 9.18 Å². The minimum absolute atomic E-state index is 0.00176. The third-order valence-electron chi connectivity index (χ3n) is 3.26. The molecule has 0 amide bonds. The lowest BCUT2D eigenvalue weighted by Gasteiger charge is -2.09. The summed E-state index contributed by atoms with van der Waals surface area (Å²) in [5.41, 5.74) is 0. The molecule has 1 N–H and O–H groups in total. The second-order valence-electron chi connectivity index (χ2n) is 4.58. The molecule has 2 aliphatic rings. The molecule has 5 nitrogen and oxygen atoms in total. The summed E-state index contributed by atoms with van der Waals surface area (Å²) in [6.45, 7) is 0. The van der Waals surface area contributed by atoms with Crippen molar-refractivity contribution < 1.29 is 14.3 Å². The van der Waals surface area contributed by atoms with Crippen LogP contribution in [0, 0.1) is 5.92 Å². The second-order valence-corrected chi connectivity index (χ2v) is 4.58. The highest BCUT2D eigenvalue weighted by Crippen LogP contribution is 2.44. The van der Waals surface area contributed by atoms with E-state index in [1.54, 1.807) is 0 Å². The van der Waals surface area contributed by atoms with Gasteiger partial charge in [0.05, 0.1) is 6.04 Å². The quantitative estimate of drug-likeness (QED) is 0.850. The Hall–Kier alpha value is -1.46. The third-order valence-corrected chi connectivity index (χ3v) is 3.26. The molecule has 1 aromatic heterocycles. The van der Waals surface area contributed by atoms with Crippen LogP contribution in [0.25, 0.3) is 0 Å². The first kappa shape index (κ1) is 9.74. The lowest BCUT2D eigenvalue weighted by Crippen LogP contribution is -2.08. The molecule has 3 rings (SSSR count). The fourth-order valence-corrected chi connectivity index (χ4v) is 2.29. The zero-order valence-electron chi connectivity index (χ0n) is 8.64. The Balaban J connectivity index is 1.89. The van der Waals surface area contributed by atoms with Gasteiger partial charge in [-0.25, -0.2) is 18.9 Å². The summed E-state index contributed by atoms with van der Waals surface area (Å²) in [6, 6.07) is -0.00176. The van der Waals surface area contributed by atoms with E-state index >= 15 is 0 Å². The maximum absolute atomic E-state index is 13.6. The van der Waals surface area contributed by atoms with Gasteiger partial charge in [0.15, 0.2) is 12.0 Å². The Morgan fingerprint density at radius 1 is 1.56 bits per heavy atom. The van der Waals surface area contributed by atoms with E-state index in [2.05, 4.69) is 10.1 Å². The van der Waals surface area contributed by atoms with Crippen LogP contribution >= 0.6 is 0 Å². The zero-order valence-corrected chi connectivity index (χ0v) is 8.64. The molecule has 16 heavy (non-hydrogen) atoms. The van der Waals surface area contributed by atoms with Crippen LogP contribution in [-0.4, -0.2) is 25.8 Å². The van der Waals surface area contributed by atoms with Gasteiger partial charge in [0, 0.05) is 6.42 Å². The highest BCUT2D eigenvalue weighted by atomic mass is 19.1. The highest BCUT2D eigenvalue weighted by molar-refractivity contribution is 5.82. The van der Waals surface area contributed by atoms with Crippen molar-refractivity contribution in [3.63, 3.8) is 0 Å². The summed E-state index contributed by atoms with van der Waals surface area (Å²) in [5, 5.41) is 12.6. The van der Waals surface area contributed by atoms with Crippen LogP contribution in [0.15, 0.2) is 0 Å². The topological polar surface area (TPSA) is 68.0 Å². The molecule has 1 saturated carbocycles. The average Bonchev–Trinajstić information content (AvgIpc) is 2.84. The Morgan fingerprint density at radius 3 is 2.94 bits per heavy atom. The van der Waals surface area contributed by atoms with Gasteiger partial charge >= 0.3 is 5.97 Å². The monoisotopic (exact) mass is 225 g/mol. The number of hydrogen-bond acceptors (Lipinski definition) is 3. The number of fused-ring (bicyclic) bond motifs is 1. The molecule has 1 aromatic rings. The number of rotatable bonds is 3. The second kappa shape index (κ2) is 3.26. The molecular formula is C10H12FN3O2. The van der Waals surface area contributed by atoms with Gasteiger partial charge < -0.3 is 5.11 Å². The minimum atomic E-state index is -1.20.